The number of nitrogens with zero attached hydrogens (tertiary/aromatic N) is 3. The maximum atomic E-state index is 12.5. The van der Waals surface area contributed by atoms with Gasteiger partial charge in [-0.05, 0) is 31.5 Å². The average Bonchev–Trinajstić information content (AvgIpc) is 2.54. The molecule has 0 aliphatic rings. The molecule has 0 aromatic carbocycles. The summed E-state index contributed by atoms with van der Waals surface area (Å²) in [6.45, 7) is 3.64. The van der Waals surface area contributed by atoms with E-state index in [0.717, 1.165) is 16.9 Å². The first kappa shape index (κ1) is 17.6. The Balaban J connectivity index is 2.12. The average molecular weight is 340 g/mol. The van der Waals surface area contributed by atoms with E-state index in [1.807, 2.05) is 0 Å². The summed E-state index contributed by atoms with van der Waals surface area (Å²) in [7, 11) is 0. The second-order valence-electron chi connectivity index (χ2n) is 5.04. The van der Waals surface area contributed by atoms with Crippen LogP contribution in [0.1, 0.15) is 41.6 Å². The van der Waals surface area contributed by atoms with Crippen LogP contribution in [-0.4, -0.2) is 20.7 Å². The highest BCUT2D eigenvalue weighted by atomic mass is 19.4. The monoisotopic (exact) mass is 340 g/mol. The van der Waals surface area contributed by atoms with Crippen LogP contribution in [-0.2, 0) is 12.7 Å². The van der Waals surface area contributed by atoms with E-state index in [1.54, 1.807) is 13.8 Å². The standard InChI is InChI=1S/C15H15F3N4O2/c1-3-22-13(23)7-5-11(21-22)14(24)20-9(2)10-4-6-12(19-8-10)15(16,17)18/h4-9H,3H2,1-2H3,(H,20,24)/t9-/m1/s1. The number of halogens is 3. The van der Waals surface area contributed by atoms with Crippen molar-refractivity contribution in [1.29, 1.82) is 0 Å². The normalized spacial score (nSPS) is 12.7. The largest absolute Gasteiger partial charge is 0.433 e. The van der Waals surface area contributed by atoms with Crippen LogP contribution in [0, 0.1) is 0 Å². The van der Waals surface area contributed by atoms with E-state index in [4.69, 9.17) is 0 Å². The molecule has 1 atom stereocenters. The second-order valence-corrected chi connectivity index (χ2v) is 5.04. The van der Waals surface area contributed by atoms with Gasteiger partial charge in [-0.25, -0.2) is 4.68 Å². The SMILES string of the molecule is CCn1nc(C(=O)N[C@H](C)c2ccc(C(F)(F)F)nc2)ccc1=O. The fourth-order valence-electron chi connectivity index (χ4n) is 1.98. The van der Waals surface area contributed by atoms with Crippen LogP contribution in [0.25, 0.3) is 0 Å². The van der Waals surface area contributed by atoms with E-state index in [-0.39, 0.29) is 11.3 Å². The van der Waals surface area contributed by atoms with Crippen LogP contribution in [0.15, 0.2) is 35.3 Å². The zero-order valence-electron chi connectivity index (χ0n) is 13.0. The van der Waals surface area contributed by atoms with Gasteiger partial charge < -0.3 is 5.32 Å². The van der Waals surface area contributed by atoms with Crippen LogP contribution in [0.5, 0.6) is 0 Å². The first-order valence-electron chi connectivity index (χ1n) is 7.14. The second kappa shape index (κ2) is 6.81. The van der Waals surface area contributed by atoms with Crippen LogP contribution < -0.4 is 10.9 Å². The van der Waals surface area contributed by atoms with Crippen LogP contribution >= 0.6 is 0 Å². The Hall–Kier alpha value is -2.71. The molecule has 1 N–H and O–H groups in total. The summed E-state index contributed by atoms with van der Waals surface area (Å²) in [5, 5.41) is 6.51. The number of aromatic nitrogens is 3. The van der Waals surface area contributed by atoms with Gasteiger partial charge in [0.1, 0.15) is 11.4 Å². The predicted molar refractivity (Wildman–Crippen MR) is 79.3 cm³/mol. The molecule has 0 saturated carbocycles. The predicted octanol–water partition coefficient (Wildman–Crippen LogP) is 2.17. The van der Waals surface area contributed by atoms with Gasteiger partial charge in [0.25, 0.3) is 11.5 Å². The molecule has 0 aliphatic carbocycles. The van der Waals surface area contributed by atoms with Crippen LogP contribution in [0.2, 0.25) is 0 Å². The van der Waals surface area contributed by atoms with Gasteiger partial charge in [-0.2, -0.15) is 18.3 Å². The molecule has 6 nitrogen and oxygen atoms in total. The summed E-state index contributed by atoms with van der Waals surface area (Å²) >= 11 is 0. The maximum Gasteiger partial charge on any atom is 0.433 e. The van der Waals surface area contributed by atoms with Crippen molar-refractivity contribution in [3.63, 3.8) is 0 Å². The van der Waals surface area contributed by atoms with Crippen molar-refractivity contribution < 1.29 is 18.0 Å². The number of nitrogens with one attached hydrogen (secondary N) is 1. The Bertz CT molecular complexity index is 785. The topological polar surface area (TPSA) is 76.9 Å². The Morgan fingerprint density at radius 1 is 1.29 bits per heavy atom. The van der Waals surface area contributed by atoms with Gasteiger partial charge in [0.15, 0.2) is 0 Å². The third-order valence-corrected chi connectivity index (χ3v) is 3.32. The number of amides is 1. The van der Waals surface area contributed by atoms with Crippen molar-refractivity contribution in [2.45, 2.75) is 32.6 Å². The molecule has 0 aliphatic heterocycles. The molecule has 1 amide bonds. The Morgan fingerprint density at radius 3 is 2.54 bits per heavy atom. The molecule has 0 saturated heterocycles. The fraction of sp³-hybridized carbons (Fsp3) is 0.333. The Kier molecular flexibility index (Phi) is 5.01. The molecule has 0 fully saturated rings. The summed E-state index contributed by atoms with van der Waals surface area (Å²) in [6, 6.07) is 4.06. The fourth-order valence-corrected chi connectivity index (χ4v) is 1.98. The third kappa shape index (κ3) is 3.98. The minimum atomic E-state index is -4.51. The molecule has 0 radical (unpaired) electrons. The summed E-state index contributed by atoms with van der Waals surface area (Å²) in [6.07, 6.45) is -3.45. The van der Waals surface area contributed by atoms with E-state index >= 15 is 0 Å². The van der Waals surface area contributed by atoms with Gasteiger partial charge in [0.05, 0.1) is 6.04 Å². The van der Waals surface area contributed by atoms with Gasteiger partial charge in [-0.15, -0.1) is 0 Å². The summed E-state index contributed by atoms with van der Waals surface area (Å²) in [4.78, 5) is 26.9. The number of rotatable bonds is 4. The van der Waals surface area contributed by atoms with E-state index in [1.165, 1.54) is 18.2 Å². The lowest BCUT2D eigenvalue weighted by Crippen LogP contribution is -2.31. The third-order valence-electron chi connectivity index (χ3n) is 3.32. The number of carbonyl (C=O) groups is 1. The molecule has 2 aromatic heterocycles. The highest BCUT2D eigenvalue weighted by molar-refractivity contribution is 5.92. The molecule has 2 rings (SSSR count). The highest BCUT2D eigenvalue weighted by Gasteiger charge is 2.32. The number of alkyl halides is 3. The van der Waals surface area contributed by atoms with Gasteiger partial charge in [0.2, 0.25) is 0 Å². The van der Waals surface area contributed by atoms with Crippen molar-refractivity contribution in [2.75, 3.05) is 0 Å². The van der Waals surface area contributed by atoms with E-state index in [2.05, 4.69) is 15.4 Å². The van der Waals surface area contributed by atoms with Gasteiger partial charge in [-0.3, -0.25) is 14.6 Å². The zero-order valence-corrected chi connectivity index (χ0v) is 13.0. The van der Waals surface area contributed by atoms with Crippen LogP contribution in [0.4, 0.5) is 13.2 Å². The van der Waals surface area contributed by atoms with Crippen molar-refractivity contribution in [3.8, 4) is 0 Å². The zero-order chi connectivity index (χ0) is 17.9. The van der Waals surface area contributed by atoms with Gasteiger partial charge in [0, 0.05) is 18.8 Å². The van der Waals surface area contributed by atoms with E-state index < -0.39 is 23.8 Å². The van der Waals surface area contributed by atoms with Gasteiger partial charge in [-0.1, -0.05) is 6.07 Å². The Morgan fingerprint density at radius 2 is 2.00 bits per heavy atom. The smallest absolute Gasteiger partial charge is 0.344 e. The van der Waals surface area contributed by atoms with E-state index in [0.29, 0.717) is 12.1 Å². The van der Waals surface area contributed by atoms with Gasteiger partial charge >= 0.3 is 6.18 Å². The lowest BCUT2D eigenvalue weighted by molar-refractivity contribution is -0.141. The molecular formula is C15H15F3N4O2. The molecule has 0 spiro atoms. The quantitative estimate of drug-likeness (QED) is 0.925. The minimum Gasteiger partial charge on any atom is -0.344 e. The molecule has 0 unspecified atom stereocenters. The molecule has 24 heavy (non-hydrogen) atoms. The lowest BCUT2D eigenvalue weighted by Gasteiger charge is -2.15. The number of hydrogen-bond acceptors (Lipinski definition) is 4. The Labute approximate surface area is 135 Å². The minimum absolute atomic E-state index is 0.0446. The molecule has 9 heteroatoms. The summed E-state index contributed by atoms with van der Waals surface area (Å²) < 4.78 is 38.6. The maximum absolute atomic E-state index is 12.5. The molecule has 2 aromatic rings. The summed E-state index contributed by atoms with van der Waals surface area (Å²) in [5.74, 6) is -0.537. The number of pyridine rings is 1. The first-order chi connectivity index (χ1) is 11.2. The molecular weight excluding hydrogens is 325 g/mol. The molecule has 2 heterocycles. The van der Waals surface area contributed by atoms with Crippen molar-refractivity contribution in [3.05, 3.63) is 57.8 Å². The number of aryl methyl sites for hydroxylation is 1. The highest BCUT2D eigenvalue weighted by Crippen LogP contribution is 2.27. The van der Waals surface area contributed by atoms with Crippen LogP contribution in [0.3, 0.4) is 0 Å². The number of carbonyl (C=O) groups excluding carboxylic acids is 1. The first-order valence-corrected chi connectivity index (χ1v) is 7.14. The van der Waals surface area contributed by atoms with E-state index in [9.17, 15) is 22.8 Å². The van der Waals surface area contributed by atoms with Crippen molar-refractivity contribution in [2.24, 2.45) is 0 Å². The van der Waals surface area contributed by atoms with Crippen molar-refractivity contribution >= 4 is 5.91 Å². The molecule has 0 bridgehead atoms. The van der Waals surface area contributed by atoms with Crippen molar-refractivity contribution in [1.82, 2.24) is 20.1 Å². The lowest BCUT2D eigenvalue weighted by atomic mass is 10.1. The number of hydrogen-bond donors (Lipinski definition) is 1. The molecule has 128 valence electrons. The summed E-state index contributed by atoms with van der Waals surface area (Å²) in [5.41, 5.74) is -0.862.